The molecule has 1 amide bonds. The fraction of sp³-hybridized carbons (Fsp3) is 0.238. The second-order valence-electron chi connectivity index (χ2n) is 6.54. The zero-order valence-corrected chi connectivity index (χ0v) is 15.3. The van der Waals surface area contributed by atoms with E-state index in [0.717, 1.165) is 35.1 Å². The van der Waals surface area contributed by atoms with Gasteiger partial charge in [0.25, 0.3) is 5.91 Å². The van der Waals surface area contributed by atoms with Gasteiger partial charge < -0.3 is 14.8 Å². The van der Waals surface area contributed by atoms with Crippen LogP contribution in [0.25, 0.3) is 23.1 Å². The van der Waals surface area contributed by atoms with Crippen molar-refractivity contribution in [2.24, 2.45) is 0 Å². The highest BCUT2D eigenvalue weighted by Crippen LogP contribution is 2.33. The molecule has 138 valence electrons. The van der Waals surface area contributed by atoms with Gasteiger partial charge in [-0.3, -0.25) is 9.89 Å². The third-order valence-corrected chi connectivity index (χ3v) is 4.60. The average Bonchev–Trinajstić information content (AvgIpc) is 3.42. The first-order chi connectivity index (χ1) is 13.2. The number of carbonyl (C=O) groups is 1. The number of methoxy groups -OCH3 is 2. The van der Waals surface area contributed by atoms with Crippen molar-refractivity contribution in [3.63, 3.8) is 0 Å². The molecule has 1 aliphatic carbocycles. The van der Waals surface area contributed by atoms with Crippen molar-refractivity contribution in [3.05, 3.63) is 53.2 Å². The number of aromatic amines is 1. The van der Waals surface area contributed by atoms with Crippen molar-refractivity contribution in [2.75, 3.05) is 14.2 Å². The molecule has 4 rings (SSSR count). The minimum absolute atomic E-state index is 0.111. The van der Waals surface area contributed by atoms with Gasteiger partial charge in [-0.05, 0) is 48.7 Å². The van der Waals surface area contributed by atoms with Crippen LogP contribution in [-0.2, 0) is 0 Å². The second-order valence-corrected chi connectivity index (χ2v) is 6.54. The molecule has 1 fully saturated rings. The number of rotatable bonds is 6. The molecule has 0 bridgehead atoms. The van der Waals surface area contributed by atoms with Crippen LogP contribution in [0.1, 0.15) is 34.5 Å². The maximum Gasteiger partial charge on any atom is 0.255 e. The molecule has 6 nitrogen and oxygen atoms in total. The van der Waals surface area contributed by atoms with Crippen LogP contribution in [0.2, 0.25) is 0 Å². The van der Waals surface area contributed by atoms with Crippen molar-refractivity contribution >= 4 is 29.0 Å². The summed E-state index contributed by atoms with van der Waals surface area (Å²) >= 11 is 0. The standard InChI is InChI=1S/C21H21N3O3/c1-26-15-5-3-4-13(12-15)6-10-17-19-18(24-23-17)11-9-16(20(19)27-2)21(25)22-14-7-8-14/h3-6,9-12,14H,7-8H2,1-2H3,(H,22,25)(H,23,24)/b10-6+. The Morgan fingerprint density at radius 2 is 2.04 bits per heavy atom. The van der Waals surface area contributed by atoms with Crippen LogP contribution in [0.15, 0.2) is 36.4 Å². The summed E-state index contributed by atoms with van der Waals surface area (Å²) in [6.07, 6.45) is 5.93. The summed E-state index contributed by atoms with van der Waals surface area (Å²) < 4.78 is 10.9. The Hall–Kier alpha value is -3.28. The second kappa shape index (κ2) is 7.15. The lowest BCUT2D eigenvalue weighted by Crippen LogP contribution is -2.25. The molecule has 0 saturated heterocycles. The molecule has 27 heavy (non-hydrogen) atoms. The van der Waals surface area contributed by atoms with Crippen LogP contribution in [0.5, 0.6) is 11.5 Å². The van der Waals surface area contributed by atoms with Gasteiger partial charge in [-0.25, -0.2) is 0 Å². The average molecular weight is 363 g/mol. The van der Waals surface area contributed by atoms with E-state index in [0.29, 0.717) is 17.0 Å². The van der Waals surface area contributed by atoms with E-state index in [1.807, 2.05) is 42.5 Å². The van der Waals surface area contributed by atoms with Crippen molar-refractivity contribution in [1.82, 2.24) is 15.5 Å². The highest BCUT2D eigenvalue weighted by Gasteiger charge is 2.26. The molecule has 2 aromatic carbocycles. The summed E-state index contributed by atoms with van der Waals surface area (Å²) in [5.41, 5.74) is 3.05. The summed E-state index contributed by atoms with van der Waals surface area (Å²) in [4.78, 5) is 12.5. The van der Waals surface area contributed by atoms with Gasteiger partial charge in [-0.2, -0.15) is 5.10 Å². The smallest absolute Gasteiger partial charge is 0.255 e. The zero-order valence-electron chi connectivity index (χ0n) is 15.3. The van der Waals surface area contributed by atoms with Crippen molar-refractivity contribution < 1.29 is 14.3 Å². The molecule has 1 heterocycles. The minimum atomic E-state index is -0.111. The number of ether oxygens (including phenoxy) is 2. The van der Waals surface area contributed by atoms with Gasteiger partial charge in [0.05, 0.1) is 36.4 Å². The van der Waals surface area contributed by atoms with Crippen LogP contribution in [-0.4, -0.2) is 36.4 Å². The molecule has 0 unspecified atom stereocenters. The summed E-state index contributed by atoms with van der Waals surface area (Å²) in [5.74, 6) is 1.21. The summed E-state index contributed by atoms with van der Waals surface area (Å²) in [6.45, 7) is 0. The van der Waals surface area contributed by atoms with Crippen molar-refractivity contribution in [3.8, 4) is 11.5 Å². The number of nitrogens with zero attached hydrogens (tertiary/aromatic N) is 1. The van der Waals surface area contributed by atoms with Crippen LogP contribution in [0.3, 0.4) is 0 Å². The first-order valence-corrected chi connectivity index (χ1v) is 8.87. The molecule has 3 aromatic rings. The van der Waals surface area contributed by atoms with Gasteiger partial charge in [0.2, 0.25) is 0 Å². The topological polar surface area (TPSA) is 76.2 Å². The molecule has 0 atom stereocenters. The van der Waals surface area contributed by atoms with E-state index in [-0.39, 0.29) is 11.9 Å². The number of nitrogens with one attached hydrogen (secondary N) is 2. The van der Waals surface area contributed by atoms with Crippen LogP contribution < -0.4 is 14.8 Å². The van der Waals surface area contributed by atoms with Gasteiger partial charge in [0.15, 0.2) is 0 Å². The number of hydrogen-bond acceptors (Lipinski definition) is 4. The fourth-order valence-corrected chi connectivity index (χ4v) is 3.03. The summed E-state index contributed by atoms with van der Waals surface area (Å²) in [6, 6.07) is 11.7. The molecule has 0 aliphatic heterocycles. The Morgan fingerprint density at radius 1 is 1.19 bits per heavy atom. The quantitative estimate of drug-likeness (QED) is 0.701. The monoisotopic (exact) mass is 363 g/mol. The Bertz CT molecular complexity index is 1020. The van der Waals surface area contributed by atoms with E-state index in [2.05, 4.69) is 15.5 Å². The van der Waals surface area contributed by atoms with Gasteiger partial charge in [-0.15, -0.1) is 0 Å². The SMILES string of the molecule is COc1cccc(/C=C/c2n[nH]c3ccc(C(=O)NC4CC4)c(OC)c23)c1. The summed E-state index contributed by atoms with van der Waals surface area (Å²) in [7, 11) is 3.22. The molecule has 0 radical (unpaired) electrons. The number of amides is 1. The zero-order chi connectivity index (χ0) is 18.8. The lowest BCUT2D eigenvalue weighted by Gasteiger charge is -2.10. The van der Waals surface area contributed by atoms with Crippen molar-refractivity contribution in [1.29, 1.82) is 0 Å². The van der Waals surface area contributed by atoms with E-state index in [1.54, 1.807) is 20.3 Å². The maximum absolute atomic E-state index is 12.5. The highest BCUT2D eigenvalue weighted by atomic mass is 16.5. The maximum atomic E-state index is 12.5. The van der Waals surface area contributed by atoms with Crippen LogP contribution >= 0.6 is 0 Å². The number of hydrogen-bond donors (Lipinski definition) is 2. The Kier molecular flexibility index (Phi) is 4.54. The predicted molar refractivity (Wildman–Crippen MR) is 105 cm³/mol. The predicted octanol–water partition coefficient (Wildman–Crippen LogP) is 3.64. The molecule has 6 heteroatoms. The molecule has 1 aliphatic rings. The van der Waals surface area contributed by atoms with Gasteiger partial charge >= 0.3 is 0 Å². The van der Waals surface area contributed by atoms with E-state index >= 15 is 0 Å². The first kappa shape index (κ1) is 17.1. The van der Waals surface area contributed by atoms with Crippen molar-refractivity contribution in [2.45, 2.75) is 18.9 Å². The molecular weight excluding hydrogens is 342 g/mol. The normalized spacial score (nSPS) is 13.9. The molecule has 2 N–H and O–H groups in total. The van der Waals surface area contributed by atoms with Gasteiger partial charge in [-0.1, -0.05) is 18.2 Å². The number of carbonyl (C=O) groups excluding carboxylic acids is 1. The Labute approximate surface area is 157 Å². The largest absolute Gasteiger partial charge is 0.497 e. The van der Waals surface area contributed by atoms with E-state index < -0.39 is 0 Å². The van der Waals surface area contributed by atoms with Gasteiger partial charge in [0, 0.05) is 6.04 Å². The lowest BCUT2D eigenvalue weighted by molar-refractivity contribution is 0.0948. The van der Waals surface area contributed by atoms with Crippen LogP contribution in [0, 0.1) is 0 Å². The van der Waals surface area contributed by atoms with E-state index in [1.165, 1.54) is 0 Å². The third-order valence-electron chi connectivity index (χ3n) is 4.60. The number of aromatic nitrogens is 2. The van der Waals surface area contributed by atoms with Gasteiger partial charge in [0.1, 0.15) is 11.5 Å². The Balaban J connectivity index is 1.72. The number of H-pyrrole nitrogens is 1. The van der Waals surface area contributed by atoms with Crippen LogP contribution in [0.4, 0.5) is 0 Å². The van der Waals surface area contributed by atoms with E-state index in [9.17, 15) is 4.79 Å². The molecule has 1 saturated carbocycles. The number of fused-ring (bicyclic) bond motifs is 1. The molecule has 1 aromatic heterocycles. The van der Waals surface area contributed by atoms with E-state index in [4.69, 9.17) is 9.47 Å². The molecule has 0 spiro atoms. The lowest BCUT2D eigenvalue weighted by atomic mass is 10.1. The minimum Gasteiger partial charge on any atom is -0.497 e. The fourth-order valence-electron chi connectivity index (χ4n) is 3.03. The molecular formula is C21H21N3O3. The Morgan fingerprint density at radius 3 is 2.78 bits per heavy atom. The third kappa shape index (κ3) is 3.51. The highest BCUT2D eigenvalue weighted by molar-refractivity contribution is 6.05. The first-order valence-electron chi connectivity index (χ1n) is 8.87. The summed E-state index contributed by atoms with van der Waals surface area (Å²) in [5, 5.41) is 11.2. The number of benzene rings is 2.